The molecule has 0 radical (unpaired) electrons. The molecule has 6 nitrogen and oxygen atoms in total. The number of nitrogens with zero attached hydrogens (tertiary/aromatic N) is 2. The maximum absolute atomic E-state index is 12.1. The first-order chi connectivity index (χ1) is 9.17. The molecule has 7 heteroatoms. The Morgan fingerprint density at radius 3 is 2.20 bits per heavy atom. The minimum Gasteiger partial charge on any atom is -0.444 e. The lowest BCUT2D eigenvalue weighted by Gasteiger charge is -2.28. The second-order valence-corrected chi connectivity index (χ2v) is 6.78. The smallest absolute Gasteiger partial charge is 0.410 e. The van der Waals surface area contributed by atoms with Crippen LogP contribution in [0.3, 0.4) is 0 Å². The molecule has 0 saturated carbocycles. The first-order valence-corrected chi connectivity index (χ1v) is 7.02. The minimum absolute atomic E-state index is 0.0720. The van der Waals surface area contributed by atoms with Crippen molar-refractivity contribution in [3.8, 4) is 0 Å². The molecule has 2 fully saturated rings. The topological polar surface area (TPSA) is 59.1 Å². The van der Waals surface area contributed by atoms with E-state index in [1.165, 1.54) is 0 Å². The Labute approximate surface area is 123 Å². The number of fused-ring (bicyclic) bond motifs is 1. The fourth-order valence-electron chi connectivity index (χ4n) is 2.90. The van der Waals surface area contributed by atoms with Gasteiger partial charge in [-0.15, -0.1) is 0 Å². The van der Waals surface area contributed by atoms with Crippen LogP contribution in [0.4, 0.5) is 9.59 Å². The predicted octanol–water partition coefficient (Wildman–Crippen LogP) is 1.91. The maximum Gasteiger partial charge on any atom is 0.410 e. The molecule has 2 aliphatic heterocycles. The minimum atomic E-state index is -0.526. The summed E-state index contributed by atoms with van der Waals surface area (Å²) in [5.41, 5.74) is -1.05. The Bertz CT molecular complexity index is 423. The van der Waals surface area contributed by atoms with Crippen molar-refractivity contribution in [1.82, 2.24) is 9.80 Å². The molecule has 2 saturated heterocycles. The molecule has 2 amide bonds. The van der Waals surface area contributed by atoms with E-state index in [1.54, 1.807) is 16.9 Å². The largest absolute Gasteiger partial charge is 0.444 e. The standard InChI is InChI=1S/C13H21ClN2O4/c1-12(2,3)20-11(18)16-6-9-5-15(10(14)17)7-13(9,8-16)19-4/h9H,5-8H2,1-4H3/t9-,13+/m1/s1. The van der Waals surface area contributed by atoms with Gasteiger partial charge in [0, 0.05) is 26.1 Å². The van der Waals surface area contributed by atoms with Crippen LogP contribution in [0.15, 0.2) is 0 Å². The number of carbonyl (C=O) groups excluding carboxylic acids is 2. The Morgan fingerprint density at radius 2 is 1.75 bits per heavy atom. The summed E-state index contributed by atoms with van der Waals surface area (Å²) in [6, 6.07) is 0. The van der Waals surface area contributed by atoms with Gasteiger partial charge in [-0.1, -0.05) is 0 Å². The number of carbonyl (C=O) groups is 2. The van der Waals surface area contributed by atoms with Crippen LogP contribution in [0.1, 0.15) is 20.8 Å². The molecule has 0 aliphatic carbocycles. The van der Waals surface area contributed by atoms with Crippen molar-refractivity contribution in [2.24, 2.45) is 5.92 Å². The summed E-state index contributed by atoms with van der Waals surface area (Å²) in [4.78, 5) is 26.6. The first kappa shape index (κ1) is 15.4. The third-order valence-electron chi connectivity index (χ3n) is 3.85. The van der Waals surface area contributed by atoms with Crippen LogP contribution in [-0.2, 0) is 9.47 Å². The molecule has 2 aliphatic rings. The van der Waals surface area contributed by atoms with Gasteiger partial charge >= 0.3 is 11.5 Å². The van der Waals surface area contributed by atoms with E-state index in [1.807, 2.05) is 20.8 Å². The predicted molar refractivity (Wildman–Crippen MR) is 73.9 cm³/mol. The van der Waals surface area contributed by atoms with Crippen molar-refractivity contribution in [2.75, 3.05) is 33.3 Å². The highest BCUT2D eigenvalue weighted by molar-refractivity contribution is 6.62. The van der Waals surface area contributed by atoms with Gasteiger partial charge in [0.2, 0.25) is 0 Å². The van der Waals surface area contributed by atoms with Crippen LogP contribution in [0.2, 0.25) is 0 Å². The van der Waals surface area contributed by atoms with Gasteiger partial charge < -0.3 is 19.3 Å². The van der Waals surface area contributed by atoms with E-state index in [9.17, 15) is 9.59 Å². The molecule has 0 aromatic rings. The SMILES string of the molecule is CO[C@]12CN(C(=O)Cl)C[C@@H]1CN(C(=O)OC(C)(C)C)C2. The molecule has 0 bridgehead atoms. The monoisotopic (exact) mass is 304 g/mol. The molecule has 114 valence electrons. The third-order valence-corrected chi connectivity index (χ3v) is 4.09. The number of rotatable bonds is 1. The fraction of sp³-hybridized carbons (Fsp3) is 0.846. The first-order valence-electron chi connectivity index (χ1n) is 6.64. The second kappa shape index (κ2) is 5.07. The number of hydrogen-bond donors (Lipinski definition) is 0. The van der Waals surface area contributed by atoms with Gasteiger partial charge in [-0.05, 0) is 32.4 Å². The Balaban J connectivity index is 2.05. The Morgan fingerprint density at radius 1 is 1.20 bits per heavy atom. The van der Waals surface area contributed by atoms with E-state index in [4.69, 9.17) is 21.1 Å². The Hall–Kier alpha value is -1.01. The van der Waals surface area contributed by atoms with Crippen molar-refractivity contribution in [2.45, 2.75) is 32.0 Å². The molecule has 2 atom stereocenters. The van der Waals surface area contributed by atoms with Crippen molar-refractivity contribution in [3.63, 3.8) is 0 Å². The molecule has 2 heterocycles. The second-order valence-electron chi connectivity index (χ2n) is 6.46. The number of hydrogen-bond acceptors (Lipinski definition) is 4. The molecule has 0 spiro atoms. The normalized spacial score (nSPS) is 29.6. The van der Waals surface area contributed by atoms with E-state index < -0.39 is 16.6 Å². The summed E-state index contributed by atoms with van der Waals surface area (Å²) in [5.74, 6) is 0.0720. The van der Waals surface area contributed by atoms with Crippen molar-refractivity contribution in [1.29, 1.82) is 0 Å². The van der Waals surface area contributed by atoms with Crippen LogP contribution in [0, 0.1) is 5.92 Å². The summed E-state index contributed by atoms with van der Waals surface area (Å²) in [6.45, 7) is 7.36. The summed E-state index contributed by atoms with van der Waals surface area (Å²) in [7, 11) is 1.60. The van der Waals surface area contributed by atoms with Crippen molar-refractivity contribution in [3.05, 3.63) is 0 Å². The lowest BCUT2D eigenvalue weighted by atomic mass is 9.95. The zero-order valence-corrected chi connectivity index (χ0v) is 13.1. The van der Waals surface area contributed by atoms with E-state index in [0.29, 0.717) is 26.2 Å². The third kappa shape index (κ3) is 2.86. The van der Waals surface area contributed by atoms with Gasteiger partial charge in [0.15, 0.2) is 0 Å². The molecule has 20 heavy (non-hydrogen) atoms. The quantitative estimate of drug-likeness (QED) is 0.548. The highest BCUT2D eigenvalue weighted by atomic mass is 35.5. The summed E-state index contributed by atoms with van der Waals surface area (Å²) < 4.78 is 11.0. The van der Waals surface area contributed by atoms with Crippen LogP contribution >= 0.6 is 11.6 Å². The highest BCUT2D eigenvalue weighted by Gasteiger charge is 2.55. The summed E-state index contributed by atoms with van der Waals surface area (Å²) in [6.07, 6.45) is -0.341. The van der Waals surface area contributed by atoms with Gasteiger partial charge in [-0.3, -0.25) is 4.79 Å². The summed E-state index contributed by atoms with van der Waals surface area (Å²) in [5, 5.41) is -0.473. The average molecular weight is 305 g/mol. The van der Waals surface area contributed by atoms with Crippen molar-refractivity contribution >= 4 is 23.1 Å². The number of amides is 2. The van der Waals surface area contributed by atoms with Crippen LogP contribution < -0.4 is 0 Å². The van der Waals surface area contributed by atoms with Gasteiger partial charge in [-0.2, -0.15) is 0 Å². The average Bonchev–Trinajstić information content (AvgIpc) is 2.79. The van der Waals surface area contributed by atoms with Crippen LogP contribution in [0.5, 0.6) is 0 Å². The molecule has 0 aromatic carbocycles. The van der Waals surface area contributed by atoms with Gasteiger partial charge in [0.05, 0.1) is 13.1 Å². The van der Waals surface area contributed by atoms with Gasteiger partial charge in [0.1, 0.15) is 11.2 Å². The Kier molecular flexibility index (Phi) is 3.90. The zero-order valence-electron chi connectivity index (χ0n) is 12.3. The number of halogens is 1. The van der Waals surface area contributed by atoms with Crippen LogP contribution in [-0.4, -0.2) is 65.8 Å². The van der Waals surface area contributed by atoms with E-state index in [2.05, 4.69) is 0 Å². The molecule has 0 unspecified atom stereocenters. The van der Waals surface area contributed by atoms with E-state index >= 15 is 0 Å². The highest BCUT2D eigenvalue weighted by Crippen LogP contribution is 2.38. The summed E-state index contributed by atoms with van der Waals surface area (Å²) >= 11 is 5.53. The number of likely N-dealkylation sites (tertiary alicyclic amines) is 2. The van der Waals surface area contributed by atoms with E-state index in [-0.39, 0.29) is 12.0 Å². The molecule has 0 N–H and O–H groups in total. The van der Waals surface area contributed by atoms with Crippen LogP contribution in [0.25, 0.3) is 0 Å². The lowest BCUT2D eigenvalue weighted by Crippen LogP contribution is -2.44. The van der Waals surface area contributed by atoms with E-state index in [0.717, 1.165) is 0 Å². The number of ether oxygens (including phenoxy) is 2. The zero-order chi connectivity index (χ0) is 15.1. The molecular weight excluding hydrogens is 284 g/mol. The molecule has 2 rings (SSSR count). The number of methoxy groups -OCH3 is 1. The lowest BCUT2D eigenvalue weighted by molar-refractivity contribution is -0.0152. The molecular formula is C13H21ClN2O4. The van der Waals surface area contributed by atoms with Gasteiger partial charge in [0.25, 0.3) is 0 Å². The maximum atomic E-state index is 12.1. The molecule has 0 aromatic heterocycles. The van der Waals surface area contributed by atoms with Crippen molar-refractivity contribution < 1.29 is 19.1 Å². The fourth-order valence-corrected chi connectivity index (χ4v) is 3.03. The van der Waals surface area contributed by atoms with Gasteiger partial charge in [-0.25, -0.2) is 4.79 Å².